The Morgan fingerprint density at radius 3 is 2.70 bits per heavy atom. The molecule has 3 aliphatic rings. The topological polar surface area (TPSA) is 77.1 Å². The van der Waals surface area contributed by atoms with Gasteiger partial charge in [-0.3, -0.25) is 9.59 Å². The maximum Gasteiger partial charge on any atom is 0.246 e. The SMILES string of the molecule is CCNC(=O)CN1C(=O)C2(COc3cc4c(cc32)OCO4)c2ccccc21. The standard InChI is InChI=1S/C20H18N2O5/c1-2-21-18(23)9-22-14-6-4-3-5-12(14)20(19(22)24)10-25-15-8-17-16(7-13(15)20)26-11-27-17/h3-8H,2,9-11H2,1H3,(H,21,23). The van der Waals surface area contributed by atoms with Crippen molar-refractivity contribution in [3.63, 3.8) is 0 Å². The van der Waals surface area contributed by atoms with E-state index in [1.165, 1.54) is 0 Å². The average Bonchev–Trinajstić information content (AvgIpc) is 3.33. The molecular weight excluding hydrogens is 348 g/mol. The molecule has 5 rings (SSSR count). The molecular formula is C20H18N2O5. The van der Waals surface area contributed by atoms with E-state index in [0.29, 0.717) is 23.8 Å². The number of likely N-dealkylation sites (N-methyl/N-ethyl adjacent to an activating group) is 1. The van der Waals surface area contributed by atoms with Crippen molar-refractivity contribution in [3.05, 3.63) is 47.5 Å². The van der Waals surface area contributed by atoms with Crippen LogP contribution >= 0.6 is 0 Å². The molecule has 7 heteroatoms. The number of hydrogen-bond acceptors (Lipinski definition) is 5. The van der Waals surface area contributed by atoms with Gasteiger partial charge in [0.05, 0.1) is 0 Å². The number of rotatable bonds is 3. The molecule has 0 saturated carbocycles. The van der Waals surface area contributed by atoms with Crippen LogP contribution in [0.2, 0.25) is 0 Å². The number of nitrogens with one attached hydrogen (secondary N) is 1. The minimum atomic E-state index is -0.973. The Kier molecular flexibility index (Phi) is 3.34. The van der Waals surface area contributed by atoms with E-state index in [2.05, 4.69) is 5.32 Å². The summed E-state index contributed by atoms with van der Waals surface area (Å²) >= 11 is 0. The van der Waals surface area contributed by atoms with Crippen molar-refractivity contribution in [2.24, 2.45) is 0 Å². The maximum absolute atomic E-state index is 13.6. The average molecular weight is 366 g/mol. The molecule has 3 heterocycles. The normalized spacial score (nSPS) is 21.2. The monoisotopic (exact) mass is 366 g/mol. The maximum atomic E-state index is 13.6. The molecule has 138 valence electrons. The summed E-state index contributed by atoms with van der Waals surface area (Å²) in [6.45, 7) is 2.68. The van der Waals surface area contributed by atoms with Crippen molar-refractivity contribution in [2.45, 2.75) is 12.3 Å². The summed E-state index contributed by atoms with van der Waals surface area (Å²) < 4.78 is 16.8. The van der Waals surface area contributed by atoms with E-state index in [0.717, 1.165) is 16.8 Å². The highest BCUT2D eigenvalue weighted by molar-refractivity contribution is 6.13. The molecule has 3 aliphatic heterocycles. The minimum Gasteiger partial charge on any atom is -0.491 e. The van der Waals surface area contributed by atoms with Crippen LogP contribution in [0, 0.1) is 0 Å². The Balaban J connectivity index is 1.64. The Morgan fingerprint density at radius 2 is 1.89 bits per heavy atom. The number of hydrogen-bond donors (Lipinski definition) is 1. The largest absolute Gasteiger partial charge is 0.491 e. The lowest BCUT2D eigenvalue weighted by Gasteiger charge is -2.22. The molecule has 0 fully saturated rings. The van der Waals surface area contributed by atoms with E-state index in [1.54, 1.807) is 11.0 Å². The van der Waals surface area contributed by atoms with Crippen LogP contribution in [-0.2, 0) is 15.0 Å². The Labute approximate surface area is 155 Å². The number of amides is 2. The van der Waals surface area contributed by atoms with E-state index in [4.69, 9.17) is 14.2 Å². The lowest BCUT2D eigenvalue weighted by molar-refractivity contribution is -0.125. The van der Waals surface area contributed by atoms with Crippen molar-refractivity contribution in [1.82, 2.24) is 5.32 Å². The van der Waals surface area contributed by atoms with Gasteiger partial charge in [-0.15, -0.1) is 0 Å². The van der Waals surface area contributed by atoms with Gasteiger partial charge in [0.2, 0.25) is 18.6 Å². The molecule has 0 aliphatic carbocycles. The number of benzene rings is 2. The number of para-hydroxylation sites is 1. The fourth-order valence-corrected chi connectivity index (χ4v) is 4.12. The molecule has 27 heavy (non-hydrogen) atoms. The molecule has 2 amide bonds. The lowest BCUT2D eigenvalue weighted by atomic mass is 9.77. The highest BCUT2D eigenvalue weighted by atomic mass is 16.7. The smallest absolute Gasteiger partial charge is 0.246 e. The minimum absolute atomic E-state index is 0.0225. The zero-order valence-corrected chi connectivity index (χ0v) is 14.8. The van der Waals surface area contributed by atoms with E-state index >= 15 is 0 Å². The first-order valence-electron chi connectivity index (χ1n) is 8.90. The zero-order valence-electron chi connectivity index (χ0n) is 14.8. The molecule has 2 aromatic rings. The van der Waals surface area contributed by atoms with E-state index < -0.39 is 5.41 Å². The van der Waals surface area contributed by atoms with Crippen molar-refractivity contribution in [1.29, 1.82) is 0 Å². The van der Waals surface area contributed by atoms with Crippen molar-refractivity contribution >= 4 is 17.5 Å². The van der Waals surface area contributed by atoms with Gasteiger partial charge in [-0.05, 0) is 24.6 Å². The zero-order chi connectivity index (χ0) is 18.6. The first-order chi connectivity index (χ1) is 13.1. The quantitative estimate of drug-likeness (QED) is 0.892. The number of carbonyl (C=O) groups is 2. The molecule has 1 unspecified atom stereocenters. The second kappa shape index (κ2) is 5.64. The van der Waals surface area contributed by atoms with Crippen LogP contribution in [0.15, 0.2) is 36.4 Å². The van der Waals surface area contributed by atoms with Gasteiger partial charge in [-0.1, -0.05) is 18.2 Å². The van der Waals surface area contributed by atoms with E-state index in [-0.39, 0.29) is 31.8 Å². The molecule has 2 aromatic carbocycles. The third kappa shape index (κ3) is 2.08. The number of ether oxygens (including phenoxy) is 3. The van der Waals surface area contributed by atoms with Crippen molar-refractivity contribution in [2.75, 3.05) is 31.4 Å². The molecule has 1 atom stereocenters. The summed E-state index contributed by atoms with van der Waals surface area (Å²) in [5, 5.41) is 2.76. The molecule has 0 saturated heterocycles. The van der Waals surface area contributed by atoms with Gasteiger partial charge in [0.25, 0.3) is 0 Å². The van der Waals surface area contributed by atoms with Gasteiger partial charge in [-0.2, -0.15) is 0 Å². The molecule has 0 bridgehead atoms. The number of anilines is 1. The van der Waals surface area contributed by atoms with Gasteiger partial charge in [0.15, 0.2) is 11.5 Å². The first-order valence-corrected chi connectivity index (χ1v) is 8.90. The summed E-state index contributed by atoms with van der Waals surface area (Å²) in [5.41, 5.74) is 1.36. The molecule has 1 N–H and O–H groups in total. The fraction of sp³-hybridized carbons (Fsp3) is 0.300. The van der Waals surface area contributed by atoms with Crippen LogP contribution in [0.25, 0.3) is 0 Å². The van der Waals surface area contributed by atoms with Gasteiger partial charge < -0.3 is 24.4 Å². The highest BCUT2D eigenvalue weighted by Crippen LogP contribution is 2.54. The number of fused-ring (bicyclic) bond motifs is 5. The summed E-state index contributed by atoms with van der Waals surface area (Å²) in [6, 6.07) is 11.2. The van der Waals surface area contributed by atoms with Crippen LogP contribution in [-0.4, -0.2) is 38.3 Å². The van der Waals surface area contributed by atoms with Gasteiger partial charge in [-0.25, -0.2) is 0 Å². The number of nitrogens with zero attached hydrogens (tertiary/aromatic N) is 1. The van der Waals surface area contributed by atoms with E-state index in [9.17, 15) is 9.59 Å². The summed E-state index contributed by atoms with van der Waals surface area (Å²) in [6.07, 6.45) is 0. The van der Waals surface area contributed by atoms with Crippen LogP contribution in [0.3, 0.4) is 0 Å². The fourth-order valence-electron chi connectivity index (χ4n) is 4.12. The van der Waals surface area contributed by atoms with Gasteiger partial charge in [0, 0.05) is 23.9 Å². The molecule has 0 aromatic heterocycles. The summed E-state index contributed by atoms with van der Waals surface area (Å²) in [7, 11) is 0. The Hall–Kier alpha value is -3.22. The number of carbonyl (C=O) groups excluding carboxylic acids is 2. The molecule has 1 spiro atoms. The predicted molar refractivity (Wildman–Crippen MR) is 96.3 cm³/mol. The molecule has 7 nitrogen and oxygen atoms in total. The van der Waals surface area contributed by atoms with Crippen LogP contribution < -0.4 is 24.4 Å². The first kappa shape index (κ1) is 16.0. The van der Waals surface area contributed by atoms with Crippen LogP contribution in [0.5, 0.6) is 17.2 Å². The lowest BCUT2D eigenvalue weighted by Crippen LogP contribution is -2.46. The second-order valence-corrected chi connectivity index (χ2v) is 6.76. The van der Waals surface area contributed by atoms with Crippen LogP contribution in [0.1, 0.15) is 18.1 Å². The summed E-state index contributed by atoms with van der Waals surface area (Å²) in [5.74, 6) is 1.48. The third-order valence-electron chi connectivity index (χ3n) is 5.32. The van der Waals surface area contributed by atoms with Crippen LogP contribution in [0.4, 0.5) is 5.69 Å². The molecule has 0 radical (unpaired) electrons. The highest BCUT2D eigenvalue weighted by Gasteiger charge is 2.57. The Bertz CT molecular complexity index is 973. The van der Waals surface area contributed by atoms with E-state index in [1.807, 2.05) is 37.3 Å². The third-order valence-corrected chi connectivity index (χ3v) is 5.32. The van der Waals surface area contributed by atoms with Crippen molar-refractivity contribution in [3.8, 4) is 17.2 Å². The van der Waals surface area contributed by atoms with Gasteiger partial charge >= 0.3 is 0 Å². The second-order valence-electron chi connectivity index (χ2n) is 6.76. The van der Waals surface area contributed by atoms with Crippen molar-refractivity contribution < 1.29 is 23.8 Å². The predicted octanol–water partition coefficient (Wildman–Crippen LogP) is 1.58. The van der Waals surface area contributed by atoms with Gasteiger partial charge in [0.1, 0.15) is 24.3 Å². The summed E-state index contributed by atoms with van der Waals surface area (Å²) in [4.78, 5) is 27.3. The Morgan fingerprint density at radius 1 is 1.11 bits per heavy atom.